The Morgan fingerprint density at radius 1 is 0.313 bits per heavy atom. The van der Waals surface area contributed by atoms with Crippen molar-refractivity contribution in [2.75, 3.05) is 13.2 Å². The van der Waals surface area contributed by atoms with Gasteiger partial charge in [-0.15, -0.1) is 0 Å². The maximum Gasteiger partial charge on any atom is 0.306 e. The zero-order valence-electron chi connectivity index (χ0n) is 44.9. The van der Waals surface area contributed by atoms with Gasteiger partial charge in [0.1, 0.15) is 13.2 Å². The molecule has 0 aliphatic carbocycles. The SMILES string of the molecule is CC/C=C\C/C=C\C/C=C\CCCCCCCC(=O)OC[C@H](COC(=O)CCCCCCCCCCCCCCC)OC(=O)CCCCCCCCCCCCCCCCCCCCCCC. The number of carbonyl (C=O) groups excluding carboxylic acids is 3. The summed E-state index contributed by atoms with van der Waals surface area (Å²) in [6.07, 6.45) is 67.1. The van der Waals surface area contributed by atoms with Gasteiger partial charge in [0, 0.05) is 19.3 Å². The summed E-state index contributed by atoms with van der Waals surface area (Å²) in [6.45, 7) is 6.56. The minimum absolute atomic E-state index is 0.0728. The molecule has 1 atom stereocenters. The fourth-order valence-electron chi connectivity index (χ4n) is 8.75. The van der Waals surface area contributed by atoms with Gasteiger partial charge in [0.2, 0.25) is 0 Å². The first-order valence-corrected chi connectivity index (χ1v) is 29.5. The van der Waals surface area contributed by atoms with Gasteiger partial charge in [-0.3, -0.25) is 14.4 Å². The number of rotatable bonds is 54. The topological polar surface area (TPSA) is 78.9 Å². The van der Waals surface area contributed by atoms with Crippen molar-refractivity contribution in [2.45, 2.75) is 322 Å². The zero-order valence-corrected chi connectivity index (χ0v) is 44.9. The highest BCUT2D eigenvalue weighted by atomic mass is 16.6. The van der Waals surface area contributed by atoms with Crippen LogP contribution in [-0.4, -0.2) is 37.2 Å². The molecule has 0 N–H and O–H groups in total. The summed E-state index contributed by atoms with van der Waals surface area (Å²) in [5, 5.41) is 0. The van der Waals surface area contributed by atoms with Crippen molar-refractivity contribution in [3.05, 3.63) is 36.5 Å². The first-order valence-electron chi connectivity index (χ1n) is 29.5. The van der Waals surface area contributed by atoms with E-state index in [2.05, 4.69) is 57.2 Å². The Morgan fingerprint density at radius 3 is 0.910 bits per heavy atom. The molecule has 6 nitrogen and oxygen atoms in total. The van der Waals surface area contributed by atoms with Gasteiger partial charge in [-0.25, -0.2) is 0 Å². The van der Waals surface area contributed by atoms with Crippen LogP contribution in [0.4, 0.5) is 0 Å². The van der Waals surface area contributed by atoms with Crippen molar-refractivity contribution in [1.29, 1.82) is 0 Å². The van der Waals surface area contributed by atoms with Gasteiger partial charge in [0.15, 0.2) is 6.10 Å². The second kappa shape index (κ2) is 56.2. The van der Waals surface area contributed by atoms with Crippen LogP contribution in [0.15, 0.2) is 36.5 Å². The van der Waals surface area contributed by atoms with Crippen molar-refractivity contribution in [3.8, 4) is 0 Å². The second-order valence-corrected chi connectivity index (χ2v) is 19.9. The van der Waals surface area contributed by atoms with Crippen molar-refractivity contribution >= 4 is 17.9 Å². The molecule has 0 radical (unpaired) electrons. The molecule has 0 aromatic carbocycles. The maximum absolute atomic E-state index is 12.9. The van der Waals surface area contributed by atoms with Crippen molar-refractivity contribution in [1.82, 2.24) is 0 Å². The molecule has 0 heterocycles. The van der Waals surface area contributed by atoms with E-state index in [9.17, 15) is 14.4 Å². The Labute approximate surface area is 416 Å². The average molecular weight is 942 g/mol. The summed E-state index contributed by atoms with van der Waals surface area (Å²) in [4.78, 5) is 38.1. The molecule has 0 saturated carbocycles. The van der Waals surface area contributed by atoms with Crippen LogP contribution in [0.5, 0.6) is 0 Å². The highest BCUT2D eigenvalue weighted by Gasteiger charge is 2.19. The zero-order chi connectivity index (χ0) is 48.6. The molecule has 0 aliphatic heterocycles. The van der Waals surface area contributed by atoms with E-state index in [4.69, 9.17) is 14.2 Å². The third-order valence-electron chi connectivity index (χ3n) is 13.2. The molecule has 67 heavy (non-hydrogen) atoms. The first kappa shape index (κ1) is 64.6. The van der Waals surface area contributed by atoms with E-state index in [1.54, 1.807) is 0 Å². The van der Waals surface area contributed by atoms with Gasteiger partial charge in [0.05, 0.1) is 0 Å². The number of hydrogen-bond acceptors (Lipinski definition) is 6. The molecule has 0 spiro atoms. The van der Waals surface area contributed by atoms with Crippen LogP contribution in [-0.2, 0) is 28.6 Å². The van der Waals surface area contributed by atoms with Gasteiger partial charge in [-0.1, -0.05) is 282 Å². The number of ether oxygens (including phenoxy) is 3. The molecule has 0 aromatic heterocycles. The van der Waals surface area contributed by atoms with E-state index >= 15 is 0 Å². The van der Waals surface area contributed by atoms with Gasteiger partial charge in [-0.2, -0.15) is 0 Å². The Balaban J connectivity index is 4.30. The Morgan fingerprint density at radius 2 is 0.582 bits per heavy atom. The summed E-state index contributed by atoms with van der Waals surface area (Å²) >= 11 is 0. The van der Waals surface area contributed by atoms with E-state index in [1.165, 1.54) is 180 Å². The quantitative estimate of drug-likeness (QED) is 0.0262. The Kier molecular flexibility index (Phi) is 54.2. The lowest BCUT2D eigenvalue weighted by Gasteiger charge is -2.18. The van der Waals surface area contributed by atoms with E-state index in [1.807, 2.05) is 0 Å². The molecule has 0 fully saturated rings. The third kappa shape index (κ3) is 54.4. The smallest absolute Gasteiger partial charge is 0.306 e. The van der Waals surface area contributed by atoms with Gasteiger partial charge in [0.25, 0.3) is 0 Å². The van der Waals surface area contributed by atoms with E-state index in [0.717, 1.165) is 96.3 Å². The Bertz CT molecular complexity index is 1130. The predicted molar refractivity (Wildman–Crippen MR) is 289 cm³/mol. The summed E-state index contributed by atoms with van der Waals surface area (Å²) < 4.78 is 16.9. The van der Waals surface area contributed by atoms with Gasteiger partial charge in [-0.05, 0) is 51.4 Å². The summed E-state index contributed by atoms with van der Waals surface area (Å²) in [7, 11) is 0. The fourth-order valence-corrected chi connectivity index (χ4v) is 8.75. The minimum atomic E-state index is -0.775. The molecular weight excluding hydrogens is 829 g/mol. The van der Waals surface area contributed by atoms with Gasteiger partial charge >= 0.3 is 17.9 Å². The van der Waals surface area contributed by atoms with Crippen LogP contribution in [0.3, 0.4) is 0 Å². The fraction of sp³-hybridized carbons (Fsp3) is 0.852. The van der Waals surface area contributed by atoms with Crippen LogP contribution in [0.25, 0.3) is 0 Å². The minimum Gasteiger partial charge on any atom is -0.462 e. The van der Waals surface area contributed by atoms with Crippen molar-refractivity contribution < 1.29 is 28.6 Å². The normalized spacial score (nSPS) is 12.2. The lowest BCUT2D eigenvalue weighted by Crippen LogP contribution is -2.30. The highest BCUT2D eigenvalue weighted by Crippen LogP contribution is 2.17. The van der Waals surface area contributed by atoms with Crippen molar-refractivity contribution in [3.63, 3.8) is 0 Å². The molecule has 0 bridgehead atoms. The maximum atomic E-state index is 12.9. The molecular formula is C61H112O6. The predicted octanol–water partition coefficient (Wildman–Crippen LogP) is 19.7. The molecule has 392 valence electrons. The standard InChI is InChI=1S/C61H112O6/c1-4-7-10-13-16-19-22-25-27-28-29-30-31-32-34-37-40-43-46-49-52-55-61(64)67-58(56-65-59(62)53-50-47-44-41-38-35-24-21-18-15-12-9-6-3)57-66-60(63)54-51-48-45-42-39-36-33-26-23-20-17-14-11-8-5-2/h8,11,17,20,26,33,58H,4-7,9-10,12-16,18-19,21-25,27-32,34-57H2,1-3H3/b11-8-,20-17-,33-26-/t58-/m0/s1. The average Bonchev–Trinajstić information content (AvgIpc) is 3.33. The second-order valence-electron chi connectivity index (χ2n) is 19.9. The summed E-state index contributed by atoms with van der Waals surface area (Å²) in [5.41, 5.74) is 0. The molecule has 6 heteroatoms. The van der Waals surface area contributed by atoms with Crippen LogP contribution >= 0.6 is 0 Å². The third-order valence-corrected chi connectivity index (χ3v) is 13.2. The number of carbonyl (C=O) groups is 3. The molecule has 0 unspecified atom stereocenters. The largest absolute Gasteiger partial charge is 0.462 e. The monoisotopic (exact) mass is 941 g/mol. The number of hydrogen-bond donors (Lipinski definition) is 0. The lowest BCUT2D eigenvalue weighted by atomic mass is 10.0. The van der Waals surface area contributed by atoms with Crippen LogP contribution < -0.4 is 0 Å². The van der Waals surface area contributed by atoms with Crippen LogP contribution in [0.1, 0.15) is 316 Å². The lowest BCUT2D eigenvalue weighted by molar-refractivity contribution is -0.167. The Hall–Kier alpha value is -2.37. The highest BCUT2D eigenvalue weighted by molar-refractivity contribution is 5.71. The number of esters is 3. The van der Waals surface area contributed by atoms with E-state index in [0.29, 0.717) is 19.3 Å². The van der Waals surface area contributed by atoms with Crippen molar-refractivity contribution in [2.24, 2.45) is 0 Å². The molecule has 0 amide bonds. The molecule has 0 saturated heterocycles. The van der Waals surface area contributed by atoms with Gasteiger partial charge < -0.3 is 14.2 Å². The molecule has 0 aliphatic rings. The first-order chi connectivity index (χ1) is 33.0. The van der Waals surface area contributed by atoms with Crippen LogP contribution in [0, 0.1) is 0 Å². The number of unbranched alkanes of at least 4 members (excludes halogenated alkanes) is 37. The summed E-state index contributed by atoms with van der Waals surface area (Å²) in [6, 6.07) is 0. The van der Waals surface area contributed by atoms with E-state index < -0.39 is 6.10 Å². The molecule has 0 rings (SSSR count). The number of allylic oxidation sites excluding steroid dienone is 6. The van der Waals surface area contributed by atoms with Crippen LogP contribution in [0.2, 0.25) is 0 Å². The van der Waals surface area contributed by atoms with E-state index in [-0.39, 0.29) is 31.1 Å². The molecule has 0 aromatic rings. The summed E-state index contributed by atoms with van der Waals surface area (Å²) in [5.74, 6) is -0.870.